The highest BCUT2D eigenvalue weighted by atomic mass is 79.9. The van der Waals surface area contributed by atoms with E-state index in [-0.39, 0.29) is 5.78 Å². The first-order valence-electron chi connectivity index (χ1n) is 4.85. The Morgan fingerprint density at radius 3 is 2.76 bits per heavy atom. The normalized spacial score (nSPS) is 10.5. The number of aryl methyl sites for hydroxylation is 1. The van der Waals surface area contributed by atoms with Crippen LogP contribution >= 0.6 is 38.9 Å². The quantitative estimate of drug-likeness (QED) is 0.659. The van der Waals surface area contributed by atoms with Crippen molar-refractivity contribution >= 4 is 50.3 Å². The third-order valence-corrected chi connectivity index (χ3v) is 4.65. The zero-order valence-electron chi connectivity index (χ0n) is 8.96. The Balaban J connectivity index is 2.51. The summed E-state index contributed by atoms with van der Waals surface area (Å²) in [4.78, 5) is 14.0. The van der Waals surface area contributed by atoms with Gasteiger partial charge in [0.05, 0.1) is 15.6 Å². The molecule has 2 nitrogen and oxygen atoms in total. The number of benzene rings is 1. The summed E-state index contributed by atoms with van der Waals surface area (Å²) in [5, 5.41) is 0.315. The van der Waals surface area contributed by atoms with Gasteiger partial charge in [-0.2, -0.15) is 0 Å². The number of ketones is 1. The standard InChI is InChI=1S/C12H9BrClNOS/c1-6-5-8(13)12(17-6)11(16)7-3-2-4-9(15)10(7)14/h2-5H,15H2,1H3. The Kier molecular flexibility index (Phi) is 3.56. The molecule has 0 fully saturated rings. The molecule has 0 saturated carbocycles. The lowest BCUT2D eigenvalue weighted by molar-refractivity contribution is 0.104. The molecule has 2 aromatic rings. The fourth-order valence-corrected chi connectivity index (χ4v) is 3.47. The molecular weight excluding hydrogens is 322 g/mol. The minimum atomic E-state index is -0.104. The number of halogens is 2. The lowest BCUT2D eigenvalue weighted by Crippen LogP contribution is -2.02. The van der Waals surface area contributed by atoms with Crippen molar-refractivity contribution in [2.24, 2.45) is 0 Å². The number of thiophene rings is 1. The molecule has 0 aliphatic rings. The van der Waals surface area contributed by atoms with Crippen LogP contribution in [0.15, 0.2) is 28.7 Å². The van der Waals surface area contributed by atoms with Gasteiger partial charge in [0.2, 0.25) is 5.78 Å². The average molecular weight is 331 g/mol. The van der Waals surface area contributed by atoms with Crippen molar-refractivity contribution in [2.45, 2.75) is 6.92 Å². The number of nitrogen functional groups attached to an aromatic ring is 1. The molecule has 2 rings (SSSR count). The van der Waals surface area contributed by atoms with Gasteiger partial charge in [-0.05, 0) is 41.1 Å². The molecule has 0 bridgehead atoms. The van der Waals surface area contributed by atoms with Crippen LogP contribution in [0.4, 0.5) is 5.69 Å². The predicted molar refractivity (Wildman–Crippen MR) is 76.1 cm³/mol. The molecule has 1 heterocycles. The number of hydrogen-bond acceptors (Lipinski definition) is 3. The SMILES string of the molecule is Cc1cc(Br)c(C(=O)c2cccc(N)c2Cl)s1. The predicted octanol–water partition coefficient (Wildman–Crippen LogP) is 4.29. The number of nitrogens with two attached hydrogens (primary N) is 1. The number of rotatable bonds is 2. The summed E-state index contributed by atoms with van der Waals surface area (Å²) >= 11 is 10.8. The molecule has 0 spiro atoms. The smallest absolute Gasteiger partial charge is 0.205 e. The number of anilines is 1. The summed E-state index contributed by atoms with van der Waals surface area (Å²) in [7, 11) is 0. The Hall–Kier alpha value is -0.840. The fourth-order valence-electron chi connectivity index (χ4n) is 1.49. The molecule has 0 atom stereocenters. The monoisotopic (exact) mass is 329 g/mol. The van der Waals surface area contributed by atoms with Gasteiger partial charge in [-0.1, -0.05) is 17.7 Å². The summed E-state index contributed by atoms with van der Waals surface area (Å²) in [6.07, 6.45) is 0. The second-order valence-corrected chi connectivity index (χ2v) is 6.06. The second kappa shape index (κ2) is 4.80. The number of carbonyl (C=O) groups is 1. The first-order valence-corrected chi connectivity index (χ1v) is 6.84. The Morgan fingerprint density at radius 2 is 2.18 bits per heavy atom. The Labute approximate surface area is 117 Å². The lowest BCUT2D eigenvalue weighted by Gasteiger charge is -2.04. The first-order chi connectivity index (χ1) is 8.00. The highest BCUT2D eigenvalue weighted by Gasteiger charge is 2.18. The van der Waals surface area contributed by atoms with Crippen LogP contribution in [0.25, 0.3) is 0 Å². The molecule has 88 valence electrons. The maximum Gasteiger partial charge on any atom is 0.205 e. The topological polar surface area (TPSA) is 43.1 Å². The highest BCUT2D eigenvalue weighted by molar-refractivity contribution is 9.10. The van der Waals surface area contributed by atoms with Gasteiger partial charge in [-0.25, -0.2) is 0 Å². The van der Waals surface area contributed by atoms with Crippen LogP contribution in [-0.2, 0) is 0 Å². The minimum absolute atomic E-state index is 0.104. The van der Waals surface area contributed by atoms with Crippen LogP contribution < -0.4 is 5.73 Å². The van der Waals surface area contributed by atoms with Crippen molar-refractivity contribution in [2.75, 3.05) is 5.73 Å². The molecule has 1 aromatic carbocycles. The van der Waals surface area contributed by atoms with Crippen molar-refractivity contribution in [1.82, 2.24) is 0 Å². The van der Waals surface area contributed by atoms with E-state index in [1.807, 2.05) is 13.0 Å². The van der Waals surface area contributed by atoms with Gasteiger partial charge in [-0.3, -0.25) is 4.79 Å². The van der Waals surface area contributed by atoms with E-state index in [4.69, 9.17) is 17.3 Å². The van der Waals surface area contributed by atoms with Crippen molar-refractivity contribution < 1.29 is 4.79 Å². The van der Waals surface area contributed by atoms with E-state index in [0.29, 0.717) is 21.2 Å². The van der Waals surface area contributed by atoms with Crippen molar-refractivity contribution in [1.29, 1.82) is 0 Å². The van der Waals surface area contributed by atoms with Crippen LogP contribution in [0.2, 0.25) is 5.02 Å². The Morgan fingerprint density at radius 1 is 1.47 bits per heavy atom. The van der Waals surface area contributed by atoms with Gasteiger partial charge in [0.25, 0.3) is 0 Å². The minimum Gasteiger partial charge on any atom is -0.398 e. The van der Waals surface area contributed by atoms with Gasteiger partial charge < -0.3 is 5.73 Å². The van der Waals surface area contributed by atoms with Crippen molar-refractivity contribution in [3.8, 4) is 0 Å². The zero-order chi connectivity index (χ0) is 12.6. The van der Waals surface area contributed by atoms with Crippen molar-refractivity contribution in [3.05, 3.63) is 49.1 Å². The molecule has 0 aliphatic heterocycles. The molecule has 0 saturated heterocycles. The van der Waals surface area contributed by atoms with Crippen LogP contribution in [0.5, 0.6) is 0 Å². The van der Waals surface area contributed by atoms with Crippen LogP contribution in [0.1, 0.15) is 20.1 Å². The zero-order valence-corrected chi connectivity index (χ0v) is 12.1. The largest absolute Gasteiger partial charge is 0.398 e. The van der Waals surface area contributed by atoms with Gasteiger partial charge in [-0.15, -0.1) is 11.3 Å². The molecule has 17 heavy (non-hydrogen) atoms. The lowest BCUT2D eigenvalue weighted by atomic mass is 10.1. The highest BCUT2D eigenvalue weighted by Crippen LogP contribution is 2.32. The molecule has 1 aromatic heterocycles. The summed E-state index contributed by atoms with van der Waals surface area (Å²) in [6, 6.07) is 7.00. The van der Waals surface area contributed by atoms with E-state index in [0.717, 1.165) is 9.35 Å². The first kappa shape index (κ1) is 12.6. The molecule has 0 amide bonds. The average Bonchev–Trinajstić information content (AvgIpc) is 2.61. The van der Waals surface area contributed by atoms with E-state index in [1.54, 1.807) is 18.2 Å². The van der Waals surface area contributed by atoms with Gasteiger partial charge in [0, 0.05) is 14.9 Å². The van der Waals surface area contributed by atoms with E-state index < -0.39 is 0 Å². The van der Waals surface area contributed by atoms with Gasteiger partial charge >= 0.3 is 0 Å². The van der Waals surface area contributed by atoms with E-state index >= 15 is 0 Å². The fraction of sp³-hybridized carbons (Fsp3) is 0.0833. The Bertz CT molecular complexity index is 594. The van der Waals surface area contributed by atoms with Crippen LogP contribution in [0.3, 0.4) is 0 Å². The third kappa shape index (κ3) is 2.39. The van der Waals surface area contributed by atoms with Gasteiger partial charge in [0.15, 0.2) is 0 Å². The van der Waals surface area contributed by atoms with Crippen molar-refractivity contribution in [3.63, 3.8) is 0 Å². The molecule has 0 radical (unpaired) electrons. The maximum atomic E-state index is 12.3. The third-order valence-electron chi connectivity index (χ3n) is 2.29. The molecule has 0 unspecified atom stereocenters. The second-order valence-electron chi connectivity index (χ2n) is 3.57. The number of hydrogen-bond donors (Lipinski definition) is 1. The van der Waals surface area contributed by atoms with E-state index in [9.17, 15) is 4.79 Å². The van der Waals surface area contributed by atoms with Crippen LogP contribution in [0, 0.1) is 6.92 Å². The maximum absolute atomic E-state index is 12.3. The summed E-state index contributed by atoms with van der Waals surface area (Å²) in [5.41, 5.74) is 6.54. The molecular formula is C12H9BrClNOS. The van der Waals surface area contributed by atoms with Gasteiger partial charge in [0.1, 0.15) is 0 Å². The summed E-state index contributed by atoms with van der Waals surface area (Å²) < 4.78 is 0.795. The molecule has 2 N–H and O–H groups in total. The van der Waals surface area contributed by atoms with Crippen LogP contribution in [-0.4, -0.2) is 5.78 Å². The summed E-state index contributed by atoms with van der Waals surface area (Å²) in [6.45, 7) is 1.95. The van der Waals surface area contributed by atoms with E-state index in [1.165, 1.54) is 11.3 Å². The number of carbonyl (C=O) groups excluding carboxylic acids is 1. The summed E-state index contributed by atoms with van der Waals surface area (Å²) in [5.74, 6) is -0.104. The van der Waals surface area contributed by atoms with E-state index in [2.05, 4.69) is 15.9 Å². The molecule has 5 heteroatoms. The molecule has 0 aliphatic carbocycles.